The summed E-state index contributed by atoms with van der Waals surface area (Å²) < 4.78 is 190. The zero-order valence-corrected chi connectivity index (χ0v) is 73.3. The normalized spacial score (nSPS) is 18.3. The summed E-state index contributed by atoms with van der Waals surface area (Å²) in [6.45, 7) is 19.7. The summed E-state index contributed by atoms with van der Waals surface area (Å²) >= 11 is 12.1. The number of aromatic amines is 1. The minimum atomic E-state index is -4.94. The van der Waals surface area contributed by atoms with Crippen molar-refractivity contribution in [2.24, 2.45) is 17.8 Å². The third kappa shape index (κ3) is 18.3. The van der Waals surface area contributed by atoms with Gasteiger partial charge in [-0.25, -0.2) is 46.8 Å². The number of alkyl halides is 3. The lowest BCUT2D eigenvalue weighted by atomic mass is 9.86. The van der Waals surface area contributed by atoms with E-state index in [0.717, 1.165) is 88.6 Å². The summed E-state index contributed by atoms with van der Waals surface area (Å²) in [6, 6.07) is 40.6. The molecule has 6 heterocycles. The first-order valence-electron chi connectivity index (χ1n) is 40.9. The Bertz CT molecular complexity index is 6040. The number of aromatic nitrogens is 1. The lowest BCUT2D eigenvalue weighted by Crippen LogP contribution is -2.43. The van der Waals surface area contributed by atoms with Gasteiger partial charge in [0.2, 0.25) is 40.1 Å². The van der Waals surface area contributed by atoms with E-state index in [0.29, 0.717) is 112 Å². The Morgan fingerprint density at radius 3 is 1.30 bits per heavy atom. The van der Waals surface area contributed by atoms with Gasteiger partial charge in [-0.15, -0.1) is 0 Å². The van der Waals surface area contributed by atoms with Crippen molar-refractivity contribution >= 4 is 96.8 Å². The Kier molecular flexibility index (Phi) is 25.8. The molecule has 17 rings (SSSR count). The number of amides is 1. The number of aryl methyl sites for hydroxylation is 5. The van der Waals surface area contributed by atoms with Crippen LogP contribution in [0.2, 0.25) is 10.0 Å². The van der Waals surface area contributed by atoms with Crippen molar-refractivity contribution in [3.05, 3.63) is 275 Å². The van der Waals surface area contributed by atoms with Crippen LogP contribution in [-0.4, -0.2) is 132 Å². The minimum Gasteiger partial charge on any atom is -0.361 e. The minimum absolute atomic E-state index is 0.0181. The van der Waals surface area contributed by atoms with E-state index in [9.17, 15) is 64.8 Å². The highest BCUT2D eigenvalue weighted by molar-refractivity contribution is 7.90. The number of nitrogens with zero attached hydrogens (tertiary/aromatic N) is 5. The monoisotopic (exact) mass is 1760 g/mol. The van der Waals surface area contributed by atoms with Crippen molar-refractivity contribution in [3.8, 4) is 0 Å². The summed E-state index contributed by atoms with van der Waals surface area (Å²) in [7, 11) is -14.8. The lowest BCUT2D eigenvalue weighted by Gasteiger charge is -2.33. The van der Waals surface area contributed by atoms with Crippen molar-refractivity contribution in [3.63, 3.8) is 0 Å². The number of fused-ring (bicyclic) bond motifs is 5. The maximum absolute atomic E-state index is 13.7. The van der Waals surface area contributed by atoms with Crippen LogP contribution in [0.5, 0.6) is 0 Å². The summed E-state index contributed by atoms with van der Waals surface area (Å²) in [5, 5.41) is 0.833. The van der Waals surface area contributed by atoms with E-state index in [2.05, 4.69) is 119 Å². The summed E-state index contributed by atoms with van der Waals surface area (Å²) in [5.41, 5.74) is 22.2. The van der Waals surface area contributed by atoms with Gasteiger partial charge in [-0.1, -0.05) is 135 Å². The van der Waals surface area contributed by atoms with Crippen LogP contribution in [0.4, 0.5) is 26.3 Å². The van der Waals surface area contributed by atoms with Crippen molar-refractivity contribution in [1.29, 1.82) is 0 Å². The van der Waals surface area contributed by atoms with Gasteiger partial charge in [0.25, 0.3) is 0 Å². The zero-order valence-electron chi connectivity index (χ0n) is 68.5. The van der Waals surface area contributed by atoms with Gasteiger partial charge >= 0.3 is 12.1 Å². The van der Waals surface area contributed by atoms with E-state index in [-0.39, 0.29) is 67.3 Å². The molecule has 0 bridgehead atoms. The number of nitrogens with one attached hydrogen (secondary N) is 1. The average molecular weight is 1760 g/mol. The van der Waals surface area contributed by atoms with E-state index in [1.165, 1.54) is 97.9 Å². The van der Waals surface area contributed by atoms with Crippen LogP contribution < -0.4 is 0 Å². The van der Waals surface area contributed by atoms with Gasteiger partial charge in [0, 0.05) is 82.5 Å². The number of H-pyrrole nitrogens is 1. The predicted octanol–water partition coefficient (Wildman–Crippen LogP) is 19.9. The fraction of sp³-hybridized carbons (Fsp3) is 0.387. The summed E-state index contributed by atoms with van der Waals surface area (Å²) in [4.78, 5) is 15.8. The third-order valence-corrected chi connectivity index (χ3v) is 34.0. The van der Waals surface area contributed by atoms with Gasteiger partial charge in [0.05, 0.1) is 19.8 Å². The van der Waals surface area contributed by atoms with Crippen molar-refractivity contribution in [2.45, 2.75) is 176 Å². The standard InChI is InChI=1S/C26H27F3N2O3S.C25H31NO2S.C21H20ClF2NO2S.C21H22ClFN2O2S/c1-17-3-2-4-24-22(17)7-8-23(24)19-10-13-31(14-11-19)35(33,34)21-6-5-18-9-12-30(16-20(18)15-21)25(32)26(27,28)29;1-18-6-5-7-24-22(18)12-13-23(24)19-14-16-26(17-15-19)29(27,28)21-10-8-20(9-11-21)25(2,3)4;1-13-3-2-4-17-15(13)5-6-16(17)14-7-9-25(10-8-14)28(26,27)21-12-20(24)19(23)11-18(21)22;1-13-9-19(22)21(10-14(13)2)28(26,27)25-7-5-15(6-8-25)18-12-24-20-4-3-16(23)11-17(18)20/h2-6,8,15,19H,7,9-14,16H2,1H3;5-11,13,19H,12,14-17H2,1-4H3;2-4,6,11-12,14H,5,7-10H2,1H3;3-4,9-12,15,24H,5-8H2,1-2H3. The Hall–Kier alpha value is -8.21. The van der Waals surface area contributed by atoms with Gasteiger partial charge in [-0.05, 0) is 308 Å². The lowest BCUT2D eigenvalue weighted by molar-refractivity contribution is -0.186. The second-order valence-corrected chi connectivity index (χ2v) is 42.3. The zero-order chi connectivity index (χ0) is 85.9. The molecule has 0 radical (unpaired) electrons. The SMILES string of the molecule is Cc1cc(Cl)c(S(=O)(=O)N2CCC(c3c[nH]c4ccc(F)cc34)CC2)cc1C.Cc1cccc2c1CC=C2C1CCN(S(=O)(=O)c2cc(F)c(F)cc2Cl)CC1.Cc1cccc2c1CC=C2C1CCN(S(=O)(=O)c2ccc(C(C)(C)C)cc2)CC1.Cc1cccc2c1CC=C2C1CCN(S(=O)(=O)c2ccc3c(c2)CN(C(=O)C(F)(F)F)CC3)CC1. The number of carbonyl (C=O) groups is 1. The van der Waals surface area contributed by atoms with Crippen LogP contribution in [-0.2, 0) is 82.5 Å². The van der Waals surface area contributed by atoms with Crippen LogP contribution in [0, 0.1) is 69.8 Å². The first-order chi connectivity index (χ1) is 56.8. The molecule has 15 nitrogen and oxygen atoms in total. The van der Waals surface area contributed by atoms with Gasteiger partial charge in [0.15, 0.2) is 11.6 Å². The molecule has 1 N–H and O–H groups in total. The average Bonchev–Trinajstić information content (AvgIpc) is 1.48. The summed E-state index contributed by atoms with van der Waals surface area (Å²) in [6.07, 6.45) is 12.9. The van der Waals surface area contributed by atoms with Crippen LogP contribution in [0.3, 0.4) is 0 Å². The molecular formula is C93H100Cl2F6N6O9S4. The molecule has 0 atom stereocenters. The molecule has 27 heteroatoms. The molecular weight excluding hydrogens is 1660 g/mol. The van der Waals surface area contributed by atoms with E-state index in [1.54, 1.807) is 46.8 Å². The molecule has 9 aromatic rings. The molecule has 636 valence electrons. The number of rotatable bonds is 12. The number of hydrogen-bond acceptors (Lipinski definition) is 9. The maximum Gasteiger partial charge on any atom is 0.471 e. The fourth-order valence-electron chi connectivity index (χ4n) is 18.3. The van der Waals surface area contributed by atoms with Gasteiger partial charge < -0.3 is 9.88 Å². The Balaban J connectivity index is 0.000000132. The molecule has 120 heavy (non-hydrogen) atoms. The highest BCUT2D eigenvalue weighted by Crippen LogP contribution is 2.45. The molecule has 4 fully saturated rings. The van der Waals surface area contributed by atoms with E-state index in [1.807, 2.05) is 32.2 Å². The smallest absolute Gasteiger partial charge is 0.361 e. The number of sulfonamides is 4. The predicted molar refractivity (Wildman–Crippen MR) is 461 cm³/mol. The summed E-state index contributed by atoms with van der Waals surface area (Å²) in [5.74, 6) is -3.31. The molecule has 4 saturated heterocycles. The van der Waals surface area contributed by atoms with E-state index in [4.69, 9.17) is 23.2 Å². The second kappa shape index (κ2) is 35.2. The van der Waals surface area contributed by atoms with E-state index < -0.39 is 63.8 Å². The first kappa shape index (κ1) is 88.1. The van der Waals surface area contributed by atoms with Gasteiger partial charge in [0.1, 0.15) is 15.6 Å². The van der Waals surface area contributed by atoms with Crippen LogP contribution >= 0.6 is 23.2 Å². The van der Waals surface area contributed by atoms with E-state index >= 15 is 0 Å². The van der Waals surface area contributed by atoms with Crippen molar-refractivity contribution < 1.29 is 64.8 Å². The highest BCUT2D eigenvalue weighted by atomic mass is 35.5. The van der Waals surface area contributed by atoms with Crippen LogP contribution in [0.25, 0.3) is 27.6 Å². The number of carbonyl (C=O) groups excluding carboxylic acids is 1. The quantitative estimate of drug-likeness (QED) is 0.0918. The van der Waals surface area contributed by atoms with Crippen LogP contribution in [0.1, 0.15) is 162 Å². The number of benzene rings is 8. The molecule has 3 aliphatic carbocycles. The molecule has 0 saturated carbocycles. The topological polar surface area (TPSA) is 186 Å². The maximum atomic E-state index is 13.7. The van der Waals surface area contributed by atoms with Gasteiger partial charge in [-0.3, -0.25) is 4.79 Å². The highest BCUT2D eigenvalue weighted by Gasteiger charge is 2.44. The molecule has 0 unspecified atom stereocenters. The van der Waals surface area contributed by atoms with Crippen molar-refractivity contribution in [1.82, 2.24) is 27.1 Å². The first-order valence-corrected chi connectivity index (χ1v) is 47.4. The molecule has 8 aromatic carbocycles. The Labute approximate surface area is 711 Å². The number of halogens is 8. The molecule has 8 aliphatic rings. The molecule has 1 aromatic heterocycles. The Morgan fingerprint density at radius 2 is 0.842 bits per heavy atom. The largest absolute Gasteiger partial charge is 0.471 e. The third-order valence-electron chi connectivity index (χ3n) is 25.5. The molecule has 5 aliphatic heterocycles. The second-order valence-electron chi connectivity index (χ2n) is 33.8. The molecule has 1 amide bonds. The Morgan fingerprint density at radius 1 is 0.433 bits per heavy atom. The molecule has 0 spiro atoms. The van der Waals surface area contributed by atoms with Gasteiger partial charge in [-0.2, -0.15) is 30.4 Å². The van der Waals surface area contributed by atoms with Crippen molar-refractivity contribution in [2.75, 3.05) is 58.9 Å². The number of piperidine rings is 4. The number of allylic oxidation sites excluding steroid dienone is 6. The fourth-order valence-corrected chi connectivity index (χ4v) is 25.4. The number of hydrogen-bond donors (Lipinski definition) is 1. The van der Waals surface area contributed by atoms with Crippen LogP contribution in [0.15, 0.2) is 184 Å².